The Morgan fingerprint density at radius 2 is 1.56 bits per heavy atom. The zero-order chi connectivity index (χ0) is 17.2. The van der Waals surface area contributed by atoms with Crippen LogP contribution in [0.15, 0.2) is 77.7 Å². The molecule has 0 saturated carbocycles. The molecule has 1 N–H and O–H groups in total. The Bertz CT molecular complexity index is 1070. The van der Waals surface area contributed by atoms with Crippen LogP contribution >= 0.6 is 11.6 Å². The van der Waals surface area contributed by atoms with Gasteiger partial charge in [0.15, 0.2) is 0 Å². The highest BCUT2D eigenvalue weighted by molar-refractivity contribution is 6.32. The fourth-order valence-corrected chi connectivity index (χ4v) is 2.82. The van der Waals surface area contributed by atoms with Crippen LogP contribution in [0.4, 0.5) is 0 Å². The minimum atomic E-state index is -0.449. The summed E-state index contributed by atoms with van der Waals surface area (Å²) in [4.78, 5) is 11.8. The fourth-order valence-electron chi connectivity index (χ4n) is 2.65. The number of aromatic nitrogens is 4. The van der Waals surface area contributed by atoms with Gasteiger partial charge >= 0.3 is 0 Å². The second-order valence-corrected chi connectivity index (χ2v) is 5.83. The number of nitrogens with one attached hydrogen (secondary N) is 1. The Morgan fingerprint density at radius 1 is 0.920 bits per heavy atom. The van der Waals surface area contributed by atoms with Crippen LogP contribution < -0.4 is 5.56 Å². The van der Waals surface area contributed by atoms with Gasteiger partial charge < -0.3 is 0 Å². The quantitative estimate of drug-likeness (QED) is 0.610. The number of aromatic amines is 1. The summed E-state index contributed by atoms with van der Waals surface area (Å²) < 4.78 is 1.65. The molecule has 25 heavy (non-hydrogen) atoms. The van der Waals surface area contributed by atoms with E-state index in [-0.39, 0.29) is 5.02 Å². The Balaban J connectivity index is 1.98. The fraction of sp³-hybridized carbons (Fsp3) is 0. The third-order valence-electron chi connectivity index (χ3n) is 3.85. The second kappa shape index (κ2) is 6.37. The standard InChI is InChI=1S/C19H13ClN4O/c20-18-17(12-21-22-19(18)25)24-16(14-9-5-2-6-10-14)11-15(23-24)13-7-3-1-4-8-13/h1-12H,(H,22,25). The van der Waals surface area contributed by atoms with Gasteiger partial charge in [0, 0.05) is 11.1 Å². The molecule has 122 valence electrons. The number of rotatable bonds is 3. The molecular formula is C19H13ClN4O. The lowest BCUT2D eigenvalue weighted by Crippen LogP contribution is -2.13. The minimum Gasteiger partial charge on any atom is -0.266 e. The predicted octanol–water partition coefficient (Wildman–Crippen LogP) is 3.94. The summed E-state index contributed by atoms with van der Waals surface area (Å²) >= 11 is 6.20. The van der Waals surface area contributed by atoms with Crippen molar-refractivity contribution in [1.82, 2.24) is 20.0 Å². The van der Waals surface area contributed by atoms with Crippen molar-refractivity contribution in [1.29, 1.82) is 0 Å². The van der Waals surface area contributed by atoms with Gasteiger partial charge in [0.25, 0.3) is 5.56 Å². The summed E-state index contributed by atoms with van der Waals surface area (Å²) in [5, 5.41) is 10.9. The number of hydrogen-bond donors (Lipinski definition) is 1. The van der Waals surface area contributed by atoms with E-state index in [9.17, 15) is 4.79 Å². The Morgan fingerprint density at radius 3 is 2.24 bits per heavy atom. The molecule has 0 radical (unpaired) electrons. The largest absolute Gasteiger partial charge is 0.285 e. The van der Waals surface area contributed by atoms with Gasteiger partial charge in [-0.1, -0.05) is 72.3 Å². The van der Waals surface area contributed by atoms with Crippen LogP contribution in [-0.2, 0) is 0 Å². The van der Waals surface area contributed by atoms with E-state index in [0.717, 1.165) is 22.5 Å². The molecule has 0 unspecified atom stereocenters. The predicted molar refractivity (Wildman–Crippen MR) is 97.9 cm³/mol. The molecule has 2 aromatic heterocycles. The average Bonchev–Trinajstić information content (AvgIpc) is 3.11. The maximum Gasteiger partial charge on any atom is 0.285 e. The van der Waals surface area contributed by atoms with Crippen LogP contribution in [0, 0.1) is 0 Å². The summed E-state index contributed by atoms with van der Waals surface area (Å²) in [6, 6.07) is 21.6. The van der Waals surface area contributed by atoms with Crippen LogP contribution in [-0.4, -0.2) is 20.0 Å². The third kappa shape index (κ3) is 2.86. The van der Waals surface area contributed by atoms with Crippen molar-refractivity contribution >= 4 is 11.6 Å². The Labute approximate surface area is 148 Å². The van der Waals surface area contributed by atoms with Crippen LogP contribution in [0.5, 0.6) is 0 Å². The monoisotopic (exact) mass is 348 g/mol. The van der Waals surface area contributed by atoms with Crippen LogP contribution in [0.25, 0.3) is 28.2 Å². The SMILES string of the molecule is O=c1[nH]ncc(-n2nc(-c3ccccc3)cc2-c2ccccc2)c1Cl. The Kier molecular flexibility index (Phi) is 3.91. The highest BCUT2D eigenvalue weighted by Crippen LogP contribution is 2.29. The van der Waals surface area contributed by atoms with E-state index in [1.165, 1.54) is 6.20 Å². The lowest BCUT2D eigenvalue weighted by Gasteiger charge is -2.08. The van der Waals surface area contributed by atoms with Crippen molar-refractivity contribution in [3.05, 3.63) is 88.3 Å². The van der Waals surface area contributed by atoms with E-state index in [2.05, 4.69) is 15.3 Å². The molecule has 2 heterocycles. The molecule has 0 saturated heterocycles. The molecule has 0 bridgehead atoms. The minimum absolute atomic E-state index is 0.0508. The number of halogens is 1. The van der Waals surface area contributed by atoms with Crippen molar-refractivity contribution in [3.8, 4) is 28.2 Å². The van der Waals surface area contributed by atoms with Crippen molar-refractivity contribution < 1.29 is 0 Å². The third-order valence-corrected chi connectivity index (χ3v) is 4.22. The molecule has 0 atom stereocenters. The van der Waals surface area contributed by atoms with E-state index >= 15 is 0 Å². The van der Waals surface area contributed by atoms with Crippen molar-refractivity contribution in [3.63, 3.8) is 0 Å². The van der Waals surface area contributed by atoms with E-state index < -0.39 is 5.56 Å². The highest BCUT2D eigenvalue weighted by Gasteiger charge is 2.16. The normalized spacial score (nSPS) is 10.8. The average molecular weight is 349 g/mol. The molecule has 0 amide bonds. The molecule has 5 nitrogen and oxygen atoms in total. The molecular weight excluding hydrogens is 336 g/mol. The molecule has 2 aromatic carbocycles. The summed E-state index contributed by atoms with van der Waals surface area (Å²) in [6.07, 6.45) is 1.50. The van der Waals surface area contributed by atoms with Gasteiger partial charge in [0.05, 0.1) is 17.6 Å². The first-order valence-corrected chi connectivity index (χ1v) is 8.06. The first-order valence-electron chi connectivity index (χ1n) is 7.68. The molecule has 0 aliphatic heterocycles. The van der Waals surface area contributed by atoms with E-state index in [4.69, 9.17) is 11.6 Å². The number of benzene rings is 2. The number of nitrogens with zero attached hydrogens (tertiary/aromatic N) is 3. The van der Waals surface area contributed by atoms with Gasteiger partial charge in [-0.2, -0.15) is 10.2 Å². The van der Waals surface area contributed by atoms with Crippen molar-refractivity contribution in [2.24, 2.45) is 0 Å². The molecule has 0 spiro atoms. The molecule has 6 heteroatoms. The van der Waals surface area contributed by atoms with Crippen LogP contribution in [0.3, 0.4) is 0 Å². The maximum absolute atomic E-state index is 11.8. The molecule has 4 rings (SSSR count). The van der Waals surface area contributed by atoms with Gasteiger partial charge in [0.1, 0.15) is 10.7 Å². The topological polar surface area (TPSA) is 63.6 Å². The number of H-pyrrole nitrogens is 1. The van der Waals surface area contributed by atoms with E-state index in [1.54, 1.807) is 4.68 Å². The smallest absolute Gasteiger partial charge is 0.266 e. The van der Waals surface area contributed by atoms with Gasteiger partial charge in [0.2, 0.25) is 0 Å². The first kappa shape index (κ1) is 15.4. The summed E-state index contributed by atoms with van der Waals surface area (Å²) in [6.45, 7) is 0. The zero-order valence-electron chi connectivity index (χ0n) is 13.1. The lowest BCUT2D eigenvalue weighted by molar-refractivity contribution is 0.860. The first-order chi connectivity index (χ1) is 12.2. The zero-order valence-corrected chi connectivity index (χ0v) is 13.8. The maximum atomic E-state index is 11.8. The molecule has 4 aromatic rings. The highest BCUT2D eigenvalue weighted by atomic mass is 35.5. The number of hydrogen-bond acceptors (Lipinski definition) is 3. The van der Waals surface area contributed by atoms with Crippen LogP contribution in [0.1, 0.15) is 0 Å². The second-order valence-electron chi connectivity index (χ2n) is 5.46. The van der Waals surface area contributed by atoms with Crippen LogP contribution in [0.2, 0.25) is 5.02 Å². The molecule has 0 aliphatic rings. The van der Waals surface area contributed by atoms with Gasteiger partial charge in [-0.3, -0.25) is 4.79 Å². The molecule has 0 aliphatic carbocycles. The van der Waals surface area contributed by atoms with E-state index in [0.29, 0.717) is 5.69 Å². The van der Waals surface area contributed by atoms with Gasteiger partial charge in [-0.05, 0) is 6.07 Å². The summed E-state index contributed by atoms with van der Waals surface area (Å²) in [7, 11) is 0. The van der Waals surface area contributed by atoms with Crippen molar-refractivity contribution in [2.75, 3.05) is 0 Å². The summed E-state index contributed by atoms with van der Waals surface area (Å²) in [5.74, 6) is 0. The van der Waals surface area contributed by atoms with Gasteiger partial charge in [-0.25, -0.2) is 9.78 Å². The molecule has 0 fully saturated rings. The van der Waals surface area contributed by atoms with E-state index in [1.807, 2.05) is 66.7 Å². The van der Waals surface area contributed by atoms with Gasteiger partial charge in [-0.15, -0.1) is 0 Å². The summed E-state index contributed by atoms with van der Waals surface area (Å²) in [5.41, 5.74) is 3.55. The lowest BCUT2D eigenvalue weighted by atomic mass is 10.1. The van der Waals surface area contributed by atoms with Crippen molar-refractivity contribution in [2.45, 2.75) is 0 Å². The Hall–Kier alpha value is -3.18.